The third-order valence-electron chi connectivity index (χ3n) is 2.54. The minimum Gasteiger partial charge on any atom is -0.462 e. The van der Waals surface area contributed by atoms with Crippen LogP contribution in [0.5, 0.6) is 0 Å². The number of rotatable bonds is 3. The topological polar surface area (TPSA) is 30.7 Å². The van der Waals surface area contributed by atoms with Crippen molar-refractivity contribution in [2.75, 3.05) is 6.61 Å². The Morgan fingerprint density at radius 3 is 3.00 bits per heavy atom. The van der Waals surface area contributed by atoms with Crippen LogP contribution in [-0.2, 0) is 4.74 Å². The van der Waals surface area contributed by atoms with Crippen LogP contribution in [0.3, 0.4) is 0 Å². The molecular formula is C14H15NO2. The van der Waals surface area contributed by atoms with Crippen molar-refractivity contribution in [3.63, 3.8) is 0 Å². The van der Waals surface area contributed by atoms with Crippen molar-refractivity contribution < 1.29 is 9.53 Å². The quantitative estimate of drug-likeness (QED) is 0.757. The highest BCUT2D eigenvalue weighted by molar-refractivity contribution is 5.98. The van der Waals surface area contributed by atoms with Crippen molar-refractivity contribution in [1.29, 1.82) is 0 Å². The second kappa shape index (κ2) is 4.87. The standard InChI is InChI=1S/C14H15NO2/c1-3-7-11-10-12(14(16)17-4-2)13-8-5-6-9-15(11)13/h3,5-10H,4H2,1-2H3/b7-3+. The van der Waals surface area contributed by atoms with Gasteiger partial charge in [-0.05, 0) is 38.1 Å². The summed E-state index contributed by atoms with van der Waals surface area (Å²) in [6.45, 7) is 4.15. The molecule has 0 radical (unpaired) electrons. The third kappa shape index (κ3) is 2.09. The van der Waals surface area contributed by atoms with E-state index in [1.807, 2.05) is 60.9 Å². The van der Waals surface area contributed by atoms with Crippen molar-refractivity contribution in [2.45, 2.75) is 13.8 Å². The first-order valence-corrected chi connectivity index (χ1v) is 5.67. The molecule has 0 spiro atoms. The van der Waals surface area contributed by atoms with Crippen LogP contribution in [0.2, 0.25) is 0 Å². The number of hydrogen-bond acceptors (Lipinski definition) is 2. The van der Waals surface area contributed by atoms with Crippen LogP contribution in [0.4, 0.5) is 0 Å². The second-order valence-corrected chi connectivity index (χ2v) is 3.66. The summed E-state index contributed by atoms with van der Waals surface area (Å²) in [4.78, 5) is 11.8. The van der Waals surface area contributed by atoms with E-state index in [1.165, 1.54) is 0 Å². The van der Waals surface area contributed by atoms with Gasteiger partial charge in [0.1, 0.15) is 0 Å². The molecule has 88 valence electrons. The molecule has 0 bridgehead atoms. The molecule has 2 aromatic heterocycles. The number of allylic oxidation sites excluding steroid dienone is 1. The minimum absolute atomic E-state index is 0.271. The maximum atomic E-state index is 11.8. The molecule has 0 N–H and O–H groups in total. The van der Waals surface area contributed by atoms with Gasteiger partial charge in [0.25, 0.3) is 0 Å². The molecule has 0 saturated carbocycles. The molecule has 0 atom stereocenters. The lowest BCUT2D eigenvalue weighted by atomic mass is 10.2. The number of aromatic nitrogens is 1. The maximum Gasteiger partial charge on any atom is 0.340 e. The van der Waals surface area contributed by atoms with Gasteiger partial charge in [0.15, 0.2) is 0 Å². The number of ether oxygens (including phenoxy) is 1. The van der Waals surface area contributed by atoms with Gasteiger partial charge in [-0.25, -0.2) is 4.79 Å². The van der Waals surface area contributed by atoms with E-state index in [2.05, 4.69) is 0 Å². The van der Waals surface area contributed by atoms with Crippen molar-refractivity contribution in [3.05, 3.63) is 47.8 Å². The van der Waals surface area contributed by atoms with Crippen molar-refractivity contribution in [1.82, 2.24) is 4.40 Å². The zero-order chi connectivity index (χ0) is 12.3. The molecule has 0 aliphatic rings. The Bertz CT molecular complexity index is 567. The zero-order valence-corrected chi connectivity index (χ0v) is 10.0. The van der Waals surface area contributed by atoms with Gasteiger partial charge in [0, 0.05) is 11.9 Å². The average molecular weight is 229 g/mol. The number of hydrogen-bond donors (Lipinski definition) is 0. The van der Waals surface area contributed by atoms with Crippen LogP contribution in [0.15, 0.2) is 36.5 Å². The highest BCUT2D eigenvalue weighted by atomic mass is 16.5. The number of nitrogens with zero attached hydrogens (tertiary/aromatic N) is 1. The van der Waals surface area contributed by atoms with Crippen LogP contribution in [0.25, 0.3) is 11.6 Å². The molecule has 0 aromatic carbocycles. The number of fused-ring (bicyclic) bond motifs is 1. The van der Waals surface area contributed by atoms with Gasteiger partial charge in [-0.1, -0.05) is 12.1 Å². The summed E-state index contributed by atoms with van der Waals surface area (Å²) in [5.41, 5.74) is 2.46. The minimum atomic E-state index is -0.271. The van der Waals surface area contributed by atoms with E-state index >= 15 is 0 Å². The summed E-state index contributed by atoms with van der Waals surface area (Å²) in [5.74, 6) is -0.271. The fourth-order valence-corrected chi connectivity index (χ4v) is 1.85. The summed E-state index contributed by atoms with van der Waals surface area (Å²) >= 11 is 0. The number of pyridine rings is 1. The first kappa shape index (κ1) is 11.5. The third-order valence-corrected chi connectivity index (χ3v) is 2.54. The first-order valence-electron chi connectivity index (χ1n) is 5.67. The lowest BCUT2D eigenvalue weighted by Crippen LogP contribution is -2.03. The fraction of sp³-hybridized carbons (Fsp3) is 0.214. The Morgan fingerprint density at radius 1 is 1.47 bits per heavy atom. The molecule has 0 aliphatic carbocycles. The summed E-state index contributed by atoms with van der Waals surface area (Å²) in [7, 11) is 0. The molecule has 0 saturated heterocycles. The molecule has 2 aromatic rings. The number of carbonyl (C=O) groups excluding carboxylic acids is 1. The Kier molecular flexibility index (Phi) is 3.28. The lowest BCUT2D eigenvalue weighted by Gasteiger charge is -2.00. The SMILES string of the molecule is C/C=C/c1cc(C(=O)OCC)c2ccccn12. The molecular weight excluding hydrogens is 214 g/mol. The van der Waals surface area contributed by atoms with Gasteiger partial charge >= 0.3 is 5.97 Å². The van der Waals surface area contributed by atoms with Gasteiger partial charge in [-0.15, -0.1) is 0 Å². The van der Waals surface area contributed by atoms with E-state index in [9.17, 15) is 4.79 Å². The lowest BCUT2D eigenvalue weighted by molar-refractivity contribution is 0.0529. The summed E-state index contributed by atoms with van der Waals surface area (Å²) in [6.07, 6.45) is 5.85. The van der Waals surface area contributed by atoms with Crippen LogP contribution in [-0.4, -0.2) is 17.0 Å². The maximum absolute atomic E-state index is 11.8. The largest absolute Gasteiger partial charge is 0.462 e. The molecule has 0 amide bonds. The Labute approximate surface area is 100 Å². The van der Waals surface area contributed by atoms with Crippen LogP contribution < -0.4 is 0 Å². The van der Waals surface area contributed by atoms with Crippen molar-refractivity contribution in [2.24, 2.45) is 0 Å². The van der Waals surface area contributed by atoms with Gasteiger partial charge in [-0.3, -0.25) is 0 Å². The zero-order valence-electron chi connectivity index (χ0n) is 10.0. The van der Waals surface area contributed by atoms with Crippen LogP contribution in [0, 0.1) is 0 Å². The van der Waals surface area contributed by atoms with E-state index in [1.54, 1.807) is 0 Å². The number of carbonyl (C=O) groups is 1. The van der Waals surface area contributed by atoms with Gasteiger partial charge in [0.2, 0.25) is 0 Å². The van der Waals surface area contributed by atoms with E-state index < -0.39 is 0 Å². The predicted molar refractivity (Wildman–Crippen MR) is 68.1 cm³/mol. The van der Waals surface area contributed by atoms with E-state index in [4.69, 9.17) is 4.74 Å². The van der Waals surface area contributed by atoms with E-state index in [0.717, 1.165) is 11.2 Å². The molecule has 2 heterocycles. The Balaban J connectivity index is 2.60. The monoisotopic (exact) mass is 229 g/mol. The summed E-state index contributed by atoms with van der Waals surface area (Å²) in [6, 6.07) is 7.62. The summed E-state index contributed by atoms with van der Waals surface area (Å²) < 4.78 is 7.03. The normalized spacial score (nSPS) is 11.2. The Morgan fingerprint density at radius 2 is 2.29 bits per heavy atom. The van der Waals surface area contributed by atoms with Crippen molar-refractivity contribution in [3.8, 4) is 0 Å². The first-order chi connectivity index (χ1) is 8.27. The van der Waals surface area contributed by atoms with Crippen LogP contribution in [0.1, 0.15) is 29.9 Å². The molecule has 0 aliphatic heterocycles. The molecule has 0 fully saturated rings. The van der Waals surface area contributed by atoms with E-state index in [-0.39, 0.29) is 5.97 Å². The second-order valence-electron chi connectivity index (χ2n) is 3.66. The van der Waals surface area contributed by atoms with Crippen molar-refractivity contribution >= 4 is 17.6 Å². The van der Waals surface area contributed by atoms with Gasteiger partial charge < -0.3 is 9.14 Å². The molecule has 3 heteroatoms. The molecule has 3 nitrogen and oxygen atoms in total. The van der Waals surface area contributed by atoms with Gasteiger partial charge in [-0.2, -0.15) is 0 Å². The highest BCUT2D eigenvalue weighted by Crippen LogP contribution is 2.19. The summed E-state index contributed by atoms with van der Waals surface area (Å²) in [5, 5.41) is 0. The average Bonchev–Trinajstić information content (AvgIpc) is 2.70. The Hall–Kier alpha value is -2.03. The molecule has 2 rings (SSSR count). The predicted octanol–water partition coefficient (Wildman–Crippen LogP) is 3.15. The van der Waals surface area contributed by atoms with Gasteiger partial charge in [0.05, 0.1) is 17.7 Å². The van der Waals surface area contributed by atoms with E-state index in [0.29, 0.717) is 12.2 Å². The number of esters is 1. The van der Waals surface area contributed by atoms with Crippen LogP contribution >= 0.6 is 0 Å². The molecule has 17 heavy (non-hydrogen) atoms. The fourth-order valence-electron chi connectivity index (χ4n) is 1.85. The highest BCUT2D eigenvalue weighted by Gasteiger charge is 2.14. The smallest absolute Gasteiger partial charge is 0.340 e. The molecule has 0 unspecified atom stereocenters.